The molecule has 102 valence electrons. The molecular weight excluding hydrogens is 240 g/mol. The van der Waals surface area contributed by atoms with Gasteiger partial charge in [-0.2, -0.15) is 0 Å². The Bertz CT molecular complexity index is 450. The summed E-state index contributed by atoms with van der Waals surface area (Å²) < 4.78 is 5.55. The summed E-state index contributed by atoms with van der Waals surface area (Å²) in [6.07, 6.45) is 8.30. The number of hydrogen-bond donors (Lipinski definition) is 0. The highest BCUT2D eigenvalue weighted by molar-refractivity contribution is 5.93. The van der Waals surface area contributed by atoms with Gasteiger partial charge in [-0.1, -0.05) is 0 Å². The third-order valence-electron chi connectivity index (χ3n) is 4.83. The van der Waals surface area contributed by atoms with Crippen molar-refractivity contribution in [2.75, 3.05) is 20.2 Å². The quantitative estimate of drug-likeness (QED) is 0.818. The van der Waals surface area contributed by atoms with E-state index in [1.165, 1.54) is 12.8 Å². The molecule has 1 atom stereocenters. The Morgan fingerprint density at radius 2 is 2.21 bits per heavy atom. The molecule has 4 nitrogen and oxygen atoms in total. The fourth-order valence-electron chi connectivity index (χ4n) is 3.44. The van der Waals surface area contributed by atoms with Crippen LogP contribution in [-0.2, 0) is 4.74 Å². The van der Waals surface area contributed by atoms with Gasteiger partial charge in [-0.15, -0.1) is 0 Å². The van der Waals surface area contributed by atoms with Gasteiger partial charge in [-0.25, -0.2) is 0 Å². The monoisotopic (exact) mass is 260 g/mol. The van der Waals surface area contributed by atoms with Gasteiger partial charge in [0.15, 0.2) is 0 Å². The number of rotatable bonds is 2. The van der Waals surface area contributed by atoms with Crippen molar-refractivity contribution in [1.82, 2.24) is 9.88 Å². The zero-order chi connectivity index (χ0) is 13.3. The highest BCUT2D eigenvalue weighted by Crippen LogP contribution is 2.50. The van der Waals surface area contributed by atoms with Gasteiger partial charge in [0.05, 0.1) is 11.7 Å². The number of piperidine rings is 1. The number of hydrogen-bond acceptors (Lipinski definition) is 3. The van der Waals surface area contributed by atoms with Crippen molar-refractivity contribution >= 4 is 5.91 Å². The molecule has 1 aromatic heterocycles. The molecule has 0 bridgehead atoms. The van der Waals surface area contributed by atoms with Crippen molar-refractivity contribution in [1.29, 1.82) is 0 Å². The maximum Gasteiger partial charge on any atom is 0.255 e. The van der Waals surface area contributed by atoms with E-state index in [9.17, 15) is 4.79 Å². The summed E-state index contributed by atoms with van der Waals surface area (Å²) in [6, 6.07) is 3.65. The summed E-state index contributed by atoms with van der Waals surface area (Å²) in [5.41, 5.74) is 1.04. The smallest absolute Gasteiger partial charge is 0.255 e. The molecule has 1 amide bonds. The molecule has 1 unspecified atom stereocenters. The standard InChI is InChI=1S/C15H20N2O2/c1-19-13-4-5-15(13)6-9-17(10-7-15)14(18)12-3-2-8-16-11-12/h2-3,8,11,13H,4-7,9-10H2,1H3. The highest BCUT2D eigenvalue weighted by Gasteiger charge is 2.48. The van der Waals surface area contributed by atoms with Crippen LogP contribution in [-0.4, -0.2) is 42.1 Å². The van der Waals surface area contributed by atoms with E-state index in [1.807, 2.05) is 17.0 Å². The first-order chi connectivity index (χ1) is 9.25. The molecule has 19 heavy (non-hydrogen) atoms. The average Bonchev–Trinajstić information content (AvgIpc) is 2.47. The van der Waals surface area contributed by atoms with Crippen LogP contribution in [0.5, 0.6) is 0 Å². The predicted octanol–water partition coefficient (Wildman–Crippen LogP) is 2.11. The van der Waals surface area contributed by atoms with Crippen molar-refractivity contribution < 1.29 is 9.53 Å². The van der Waals surface area contributed by atoms with Crippen LogP contribution in [0.1, 0.15) is 36.0 Å². The maximum atomic E-state index is 12.3. The number of aromatic nitrogens is 1. The van der Waals surface area contributed by atoms with E-state index in [1.54, 1.807) is 19.5 Å². The molecule has 3 rings (SSSR count). The summed E-state index contributed by atoms with van der Waals surface area (Å²) in [5, 5.41) is 0. The lowest BCUT2D eigenvalue weighted by Crippen LogP contribution is -2.53. The molecule has 1 aliphatic carbocycles. The minimum absolute atomic E-state index is 0.108. The van der Waals surface area contributed by atoms with Crippen molar-refractivity contribution in [3.8, 4) is 0 Å². The minimum Gasteiger partial charge on any atom is -0.381 e. The van der Waals surface area contributed by atoms with E-state index in [0.717, 1.165) is 25.9 Å². The number of methoxy groups -OCH3 is 1. The largest absolute Gasteiger partial charge is 0.381 e. The Hall–Kier alpha value is -1.42. The first kappa shape index (κ1) is 12.6. The van der Waals surface area contributed by atoms with Gasteiger partial charge in [0.25, 0.3) is 5.91 Å². The number of pyridine rings is 1. The Balaban J connectivity index is 1.63. The Kier molecular flexibility index (Phi) is 3.27. The van der Waals surface area contributed by atoms with E-state index in [2.05, 4.69) is 4.98 Å². The van der Waals surface area contributed by atoms with E-state index >= 15 is 0 Å². The maximum absolute atomic E-state index is 12.3. The van der Waals surface area contributed by atoms with Gasteiger partial charge < -0.3 is 9.64 Å². The normalized spacial score (nSPS) is 25.1. The lowest BCUT2D eigenvalue weighted by molar-refractivity contribution is -0.116. The molecule has 2 heterocycles. The van der Waals surface area contributed by atoms with Crippen LogP contribution < -0.4 is 0 Å². The van der Waals surface area contributed by atoms with Gasteiger partial charge in [0.2, 0.25) is 0 Å². The van der Waals surface area contributed by atoms with E-state index in [0.29, 0.717) is 17.1 Å². The highest BCUT2D eigenvalue weighted by atomic mass is 16.5. The molecule has 0 N–H and O–H groups in total. The van der Waals surface area contributed by atoms with Gasteiger partial charge in [-0.3, -0.25) is 9.78 Å². The Labute approximate surface area is 113 Å². The lowest BCUT2D eigenvalue weighted by Gasteiger charge is -2.53. The number of carbonyl (C=O) groups is 1. The van der Waals surface area contributed by atoms with Crippen molar-refractivity contribution in [3.05, 3.63) is 30.1 Å². The molecule has 4 heteroatoms. The van der Waals surface area contributed by atoms with Gasteiger partial charge >= 0.3 is 0 Å². The van der Waals surface area contributed by atoms with Crippen molar-refractivity contribution in [2.45, 2.75) is 31.8 Å². The summed E-state index contributed by atoms with van der Waals surface area (Å²) >= 11 is 0. The van der Waals surface area contributed by atoms with Crippen LogP contribution in [0.25, 0.3) is 0 Å². The number of likely N-dealkylation sites (tertiary alicyclic amines) is 1. The van der Waals surface area contributed by atoms with Gasteiger partial charge in [-0.05, 0) is 37.8 Å². The lowest BCUT2D eigenvalue weighted by atomic mass is 9.60. The van der Waals surface area contributed by atoms with E-state index in [-0.39, 0.29) is 5.91 Å². The molecule has 1 aliphatic heterocycles. The molecule has 2 fully saturated rings. The molecule has 2 aliphatic rings. The second-order valence-electron chi connectivity index (χ2n) is 5.66. The van der Waals surface area contributed by atoms with Crippen LogP contribution in [0, 0.1) is 5.41 Å². The third kappa shape index (κ3) is 2.14. The minimum atomic E-state index is 0.108. The molecule has 0 aromatic carbocycles. The molecule has 1 spiro atoms. The number of ether oxygens (including phenoxy) is 1. The summed E-state index contributed by atoms with van der Waals surface area (Å²) in [6.45, 7) is 1.68. The molecule has 0 radical (unpaired) electrons. The predicted molar refractivity (Wildman–Crippen MR) is 71.8 cm³/mol. The van der Waals surface area contributed by atoms with Crippen LogP contribution in [0.15, 0.2) is 24.5 Å². The fraction of sp³-hybridized carbons (Fsp3) is 0.600. The van der Waals surface area contributed by atoms with E-state index in [4.69, 9.17) is 4.74 Å². The first-order valence-corrected chi connectivity index (χ1v) is 6.97. The summed E-state index contributed by atoms with van der Waals surface area (Å²) in [7, 11) is 1.80. The van der Waals surface area contributed by atoms with Gasteiger partial charge in [0, 0.05) is 38.0 Å². The van der Waals surface area contributed by atoms with Crippen LogP contribution in [0.3, 0.4) is 0 Å². The molecular formula is C15H20N2O2. The molecule has 1 aromatic rings. The number of amides is 1. The number of nitrogens with zero attached hydrogens (tertiary/aromatic N) is 2. The molecule has 1 saturated heterocycles. The van der Waals surface area contributed by atoms with Crippen LogP contribution >= 0.6 is 0 Å². The Morgan fingerprint density at radius 3 is 2.74 bits per heavy atom. The third-order valence-corrected chi connectivity index (χ3v) is 4.83. The zero-order valence-electron chi connectivity index (χ0n) is 11.3. The average molecular weight is 260 g/mol. The SMILES string of the molecule is COC1CCC12CCN(C(=O)c1cccnc1)CC2. The summed E-state index contributed by atoms with van der Waals surface area (Å²) in [5.74, 6) is 0.108. The Morgan fingerprint density at radius 1 is 1.42 bits per heavy atom. The fourth-order valence-corrected chi connectivity index (χ4v) is 3.44. The number of carbonyl (C=O) groups excluding carboxylic acids is 1. The van der Waals surface area contributed by atoms with E-state index < -0.39 is 0 Å². The summed E-state index contributed by atoms with van der Waals surface area (Å²) in [4.78, 5) is 18.3. The second kappa shape index (κ2) is 4.93. The van der Waals surface area contributed by atoms with Crippen molar-refractivity contribution in [2.24, 2.45) is 5.41 Å². The second-order valence-corrected chi connectivity index (χ2v) is 5.66. The van der Waals surface area contributed by atoms with Crippen LogP contribution in [0.2, 0.25) is 0 Å². The molecule has 1 saturated carbocycles. The van der Waals surface area contributed by atoms with Gasteiger partial charge in [0.1, 0.15) is 0 Å². The van der Waals surface area contributed by atoms with Crippen LogP contribution in [0.4, 0.5) is 0 Å². The zero-order valence-corrected chi connectivity index (χ0v) is 11.3. The van der Waals surface area contributed by atoms with Crippen molar-refractivity contribution in [3.63, 3.8) is 0 Å². The topological polar surface area (TPSA) is 42.4 Å². The first-order valence-electron chi connectivity index (χ1n) is 6.97.